The third-order valence-corrected chi connectivity index (χ3v) is 1.69. The Balaban J connectivity index is 2.42. The summed E-state index contributed by atoms with van der Waals surface area (Å²) in [5.41, 5.74) is 7.35. The molecule has 1 aromatic heterocycles. The highest BCUT2D eigenvalue weighted by molar-refractivity contribution is 5.90. The molecule has 1 aromatic carbocycles. The minimum Gasteiger partial charge on any atom is -0.351 e. The molecule has 2 rings (SSSR count). The Bertz CT molecular complexity index is 448. The van der Waals surface area contributed by atoms with E-state index in [1.54, 1.807) is 24.5 Å². The first-order valence-electron chi connectivity index (χ1n) is 3.75. The standard InChI is InChI=1S/C8H8N4O/c9-8(13)12-5-1-2-6-7(3-5)11-4-10-6/h1-4H,(H,10,11)(H3,9,12,13). The van der Waals surface area contributed by atoms with Crippen LogP contribution in [0, 0.1) is 0 Å². The van der Waals surface area contributed by atoms with E-state index in [0.29, 0.717) is 5.69 Å². The maximum absolute atomic E-state index is 10.5. The van der Waals surface area contributed by atoms with Gasteiger partial charge in [0.05, 0.1) is 17.4 Å². The number of fused-ring (bicyclic) bond motifs is 1. The maximum atomic E-state index is 10.5. The average molecular weight is 176 g/mol. The molecular formula is C8H8N4O. The number of nitrogens with zero attached hydrogens (tertiary/aromatic N) is 1. The number of H-pyrrole nitrogens is 1. The Morgan fingerprint density at radius 2 is 2.38 bits per heavy atom. The van der Waals surface area contributed by atoms with Gasteiger partial charge in [-0.05, 0) is 18.2 Å². The molecule has 5 heteroatoms. The normalized spacial score (nSPS) is 10.2. The molecule has 2 aromatic rings. The Labute approximate surface area is 74.0 Å². The minimum atomic E-state index is -0.570. The number of hydrogen-bond acceptors (Lipinski definition) is 2. The highest BCUT2D eigenvalue weighted by atomic mass is 16.2. The summed E-state index contributed by atoms with van der Waals surface area (Å²) < 4.78 is 0. The Hall–Kier alpha value is -2.04. The molecular weight excluding hydrogens is 168 g/mol. The van der Waals surface area contributed by atoms with Crippen LogP contribution in [0.3, 0.4) is 0 Å². The SMILES string of the molecule is NC(=O)Nc1ccc2nc[nH]c2c1. The van der Waals surface area contributed by atoms with Gasteiger partial charge in [-0.1, -0.05) is 0 Å². The Morgan fingerprint density at radius 3 is 3.15 bits per heavy atom. The molecule has 0 aliphatic carbocycles. The van der Waals surface area contributed by atoms with Crippen molar-refractivity contribution in [3.05, 3.63) is 24.5 Å². The second-order valence-electron chi connectivity index (χ2n) is 2.62. The van der Waals surface area contributed by atoms with Crippen molar-refractivity contribution in [1.29, 1.82) is 0 Å². The first kappa shape index (κ1) is 7.60. The molecule has 0 saturated carbocycles. The van der Waals surface area contributed by atoms with Crippen LogP contribution in [0.25, 0.3) is 11.0 Å². The van der Waals surface area contributed by atoms with Gasteiger partial charge in [0.25, 0.3) is 0 Å². The van der Waals surface area contributed by atoms with Crippen LogP contribution in [-0.4, -0.2) is 16.0 Å². The summed E-state index contributed by atoms with van der Waals surface area (Å²) in [6.45, 7) is 0. The number of imidazole rings is 1. The largest absolute Gasteiger partial charge is 0.351 e. The van der Waals surface area contributed by atoms with E-state index >= 15 is 0 Å². The van der Waals surface area contributed by atoms with Gasteiger partial charge in [0.2, 0.25) is 0 Å². The van der Waals surface area contributed by atoms with Crippen molar-refractivity contribution in [3.8, 4) is 0 Å². The van der Waals surface area contributed by atoms with Gasteiger partial charge in [-0.25, -0.2) is 9.78 Å². The Kier molecular flexibility index (Phi) is 1.63. The summed E-state index contributed by atoms with van der Waals surface area (Å²) in [5.74, 6) is 0. The number of carbonyl (C=O) groups excluding carboxylic acids is 1. The molecule has 0 atom stereocenters. The summed E-state index contributed by atoms with van der Waals surface area (Å²) in [7, 11) is 0. The van der Waals surface area contributed by atoms with Crippen molar-refractivity contribution in [1.82, 2.24) is 9.97 Å². The zero-order valence-electron chi connectivity index (χ0n) is 6.74. The van der Waals surface area contributed by atoms with E-state index in [4.69, 9.17) is 5.73 Å². The van der Waals surface area contributed by atoms with E-state index < -0.39 is 6.03 Å². The Morgan fingerprint density at radius 1 is 1.54 bits per heavy atom. The summed E-state index contributed by atoms with van der Waals surface area (Å²) in [5, 5.41) is 2.48. The van der Waals surface area contributed by atoms with Crippen LogP contribution in [-0.2, 0) is 0 Å². The van der Waals surface area contributed by atoms with E-state index in [2.05, 4.69) is 15.3 Å². The summed E-state index contributed by atoms with van der Waals surface area (Å²) in [6, 6.07) is 4.75. The van der Waals surface area contributed by atoms with Crippen LogP contribution in [0.15, 0.2) is 24.5 Å². The van der Waals surface area contributed by atoms with Gasteiger partial charge in [-0.15, -0.1) is 0 Å². The van der Waals surface area contributed by atoms with Crippen LogP contribution >= 0.6 is 0 Å². The summed E-state index contributed by atoms with van der Waals surface area (Å²) in [4.78, 5) is 17.5. The predicted molar refractivity (Wildman–Crippen MR) is 49.3 cm³/mol. The van der Waals surface area contributed by atoms with E-state index in [1.807, 2.05) is 0 Å². The number of amides is 2. The zero-order chi connectivity index (χ0) is 9.26. The van der Waals surface area contributed by atoms with Gasteiger partial charge in [0.15, 0.2) is 0 Å². The number of nitrogens with two attached hydrogens (primary N) is 1. The number of aromatic amines is 1. The van der Waals surface area contributed by atoms with E-state index in [0.717, 1.165) is 11.0 Å². The van der Waals surface area contributed by atoms with Crippen molar-refractivity contribution in [2.24, 2.45) is 5.73 Å². The zero-order valence-corrected chi connectivity index (χ0v) is 6.74. The molecule has 66 valence electrons. The van der Waals surface area contributed by atoms with Crippen molar-refractivity contribution in [3.63, 3.8) is 0 Å². The monoisotopic (exact) mass is 176 g/mol. The molecule has 0 radical (unpaired) electrons. The van der Waals surface area contributed by atoms with Gasteiger partial charge in [0, 0.05) is 5.69 Å². The second-order valence-corrected chi connectivity index (χ2v) is 2.62. The minimum absolute atomic E-state index is 0.570. The molecule has 13 heavy (non-hydrogen) atoms. The first-order chi connectivity index (χ1) is 6.25. The van der Waals surface area contributed by atoms with Gasteiger partial charge in [0.1, 0.15) is 0 Å². The van der Waals surface area contributed by atoms with Crippen molar-refractivity contribution >= 4 is 22.8 Å². The molecule has 0 fully saturated rings. The van der Waals surface area contributed by atoms with Gasteiger partial charge < -0.3 is 16.0 Å². The second kappa shape index (κ2) is 2.78. The van der Waals surface area contributed by atoms with Gasteiger partial charge in [-0.3, -0.25) is 0 Å². The predicted octanol–water partition coefficient (Wildman–Crippen LogP) is 1.05. The van der Waals surface area contributed by atoms with Gasteiger partial charge >= 0.3 is 6.03 Å². The van der Waals surface area contributed by atoms with Crippen LogP contribution in [0.5, 0.6) is 0 Å². The van der Waals surface area contributed by atoms with Crippen LogP contribution < -0.4 is 11.1 Å². The fourth-order valence-corrected chi connectivity index (χ4v) is 1.16. The number of aromatic nitrogens is 2. The molecule has 0 aliphatic rings. The van der Waals surface area contributed by atoms with E-state index in [1.165, 1.54) is 0 Å². The molecule has 0 aliphatic heterocycles. The fourth-order valence-electron chi connectivity index (χ4n) is 1.16. The highest BCUT2D eigenvalue weighted by Crippen LogP contribution is 2.14. The number of carbonyl (C=O) groups is 1. The average Bonchev–Trinajstić information content (AvgIpc) is 2.49. The molecule has 1 heterocycles. The number of hydrogen-bond donors (Lipinski definition) is 3. The maximum Gasteiger partial charge on any atom is 0.316 e. The lowest BCUT2D eigenvalue weighted by molar-refractivity contribution is 0.259. The van der Waals surface area contributed by atoms with Crippen molar-refractivity contribution < 1.29 is 4.79 Å². The number of nitrogens with one attached hydrogen (secondary N) is 2. The van der Waals surface area contributed by atoms with E-state index in [-0.39, 0.29) is 0 Å². The molecule has 0 bridgehead atoms. The third kappa shape index (κ3) is 1.44. The van der Waals surface area contributed by atoms with Crippen molar-refractivity contribution in [2.75, 3.05) is 5.32 Å². The number of anilines is 1. The lowest BCUT2D eigenvalue weighted by atomic mass is 10.3. The van der Waals surface area contributed by atoms with E-state index in [9.17, 15) is 4.79 Å². The molecule has 4 N–H and O–H groups in total. The number of benzene rings is 1. The molecule has 2 amide bonds. The van der Waals surface area contributed by atoms with Crippen LogP contribution in [0.4, 0.5) is 10.5 Å². The molecule has 0 spiro atoms. The summed E-state index contributed by atoms with van der Waals surface area (Å²) >= 11 is 0. The molecule has 5 nitrogen and oxygen atoms in total. The number of primary amides is 1. The quantitative estimate of drug-likeness (QED) is 0.606. The lowest BCUT2D eigenvalue weighted by Crippen LogP contribution is -2.19. The molecule has 0 saturated heterocycles. The first-order valence-corrected chi connectivity index (χ1v) is 3.75. The smallest absolute Gasteiger partial charge is 0.316 e. The fraction of sp³-hybridized carbons (Fsp3) is 0. The van der Waals surface area contributed by atoms with Crippen molar-refractivity contribution in [2.45, 2.75) is 0 Å². The highest BCUT2D eigenvalue weighted by Gasteiger charge is 1.99. The van der Waals surface area contributed by atoms with Gasteiger partial charge in [-0.2, -0.15) is 0 Å². The van der Waals surface area contributed by atoms with Crippen LogP contribution in [0.2, 0.25) is 0 Å². The number of rotatable bonds is 1. The van der Waals surface area contributed by atoms with Crippen LogP contribution in [0.1, 0.15) is 0 Å². The third-order valence-electron chi connectivity index (χ3n) is 1.69. The molecule has 0 unspecified atom stereocenters. The number of urea groups is 1. The lowest BCUT2D eigenvalue weighted by Gasteiger charge is -1.99. The summed E-state index contributed by atoms with van der Waals surface area (Å²) in [6.07, 6.45) is 1.60. The topological polar surface area (TPSA) is 83.8 Å².